The average molecular weight is 202 g/mol. The standard InChI is InChI=1S/C15H22/c1-15-9-5-4-8-14(15)10-12-6-2-3-7-13(12)11-15/h4-5,14H,2-3,6-11H2,1H3/t14-,15-/m1/s1. The van der Waals surface area contributed by atoms with Crippen LogP contribution in [0, 0.1) is 11.3 Å². The smallest absolute Gasteiger partial charge is 0.0220 e. The first-order valence-corrected chi connectivity index (χ1v) is 6.63. The molecule has 0 radical (unpaired) electrons. The Morgan fingerprint density at radius 1 is 1.13 bits per heavy atom. The van der Waals surface area contributed by atoms with Gasteiger partial charge in [0.2, 0.25) is 0 Å². The number of rotatable bonds is 0. The molecule has 0 amide bonds. The third-order valence-corrected chi connectivity index (χ3v) is 4.97. The van der Waals surface area contributed by atoms with Crippen molar-refractivity contribution in [2.45, 2.75) is 58.3 Å². The van der Waals surface area contributed by atoms with Gasteiger partial charge in [-0.25, -0.2) is 0 Å². The van der Waals surface area contributed by atoms with E-state index in [1.165, 1.54) is 51.4 Å². The SMILES string of the molecule is C[C@]12CC=CC[C@@H]1CC1=C(CCCC1)C2. The van der Waals surface area contributed by atoms with Crippen LogP contribution in [-0.2, 0) is 0 Å². The molecule has 0 aromatic rings. The van der Waals surface area contributed by atoms with Gasteiger partial charge in [-0.05, 0) is 62.7 Å². The topological polar surface area (TPSA) is 0 Å². The molecule has 0 saturated heterocycles. The van der Waals surface area contributed by atoms with E-state index in [1.54, 1.807) is 0 Å². The number of allylic oxidation sites excluding steroid dienone is 4. The molecular formula is C15H22. The predicted molar refractivity (Wildman–Crippen MR) is 64.7 cm³/mol. The minimum atomic E-state index is 0.616. The second-order valence-electron chi connectivity index (χ2n) is 6.06. The van der Waals surface area contributed by atoms with Gasteiger partial charge in [0.15, 0.2) is 0 Å². The normalized spacial score (nSPS) is 39.9. The summed E-state index contributed by atoms with van der Waals surface area (Å²) >= 11 is 0. The average Bonchev–Trinajstić information content (AvgIpc) is 2.25. The fourth-order valence-corrected chi connectivity index (χ4v) is 3.89. The Bertz CT molecular complexity index is 321. The predicted octanol–water partition coefficient (Wildman–Crippen LogP) is 4.62. The van der Waals surface area contributed by atoms with Crippen LogP contribution in [-0.4, -0.2) is 0 Å². The molecule has 15 heavy (non-hydrogen) atoms. The van der Waals surface area contributed by atoms with Crippen molar-refractivity contribution >= 4 is 0 Å². The van der Waals surface area contributed by atoms with E-state index in [0.717, 1.165) is 5.92 Å². The van der Waals surface area contributed by atoms with Crippen LogP contribution in [0.3, 0.4) is 0 Å². The van der Waals surface area contributed by atoms with Crippen molar-refractivity contribution < 1.29 is 0 Å². The maximum atomic E-state index is 2.53. The molecule has 82 valence electrons. The van der Waals surface area contributed by atoms with Gasteiger partial charge in [-0.1, -0.05) is 30.2 Å². The summed E-state index contributed by atoms with van der Waals surface area (Å²) in [6, 6.07) is 0. The molecule has 0 bridgehead atoms. The zero-order chi connectivity index (χ0) is 10.3. The Morgan fingerprint density at radius 2 is 1.93 bits per heavy atom. The van der Waals surface area contributed by atoms with Gasteiger partial charge in [-0.2, -0.15) is 0 Å². The van der Waals surface area contributed by atoms with E-state index < -0.39 is 0 Å². The van der Waals surface area contributed by atoms with Crippen LogP contribution in [0.1, 0.15) is 58.3 Å². The quantitative estimate of drug-likeness (QED) is 0.503. The van der Waals surface area contributed by atoms with Crippen molar-refractivity contribution in [3.05, 3.63) is 23.3 Å². The Morgan fingerprint density at radius 3 is 2.80 bits per heavy atom. The van der Waals surface area contributed by atoms with Crippen LogP contribution in [0.15, 0.2) is 23.3 Å². The molecule has 3 aliphatic rings. The van der Waals surface area contributed by atoms with Gasteiger partial charge in [0.25, 0.3) is 0 Å². The Hall–Kier alpha value is -0.520. The number of hydrogen-bond acceptors (Lipinski definition) is 0. The molecule has 0 aromatic carbocycles. The molecule has 0 heterocycles. The number of hydrogen-bond donors (Lipinski definition) is 0. The summed E-state index contributed by atoms with van der Waals surface area (Å²) < 4.78 is 0. The van der Waals surface area contributed by atoms with Crippen LogP contribution in [0.25, 0.3) is 0 Å². The molecule has 0 aromatic heterocycles. The second-order valence-corrected chi connectivity index (χ2v) is 6.06. The van der Waals surface area contributed by atoms with Gasteiger partial charge >= 0.3 is 0 Å². The van der Waals surface area contributed by atoms with E-state index in [4.69, 9.17) is 0 Å². The fourth-order valence-electron chi connectivity index (χ4n) is 3.89. The highest BCUT2D eigenvalue weighted by Crippen LogP contribution is 2.52. The third kappa shape index (κ3) is 1.58. The third-order valence-electron chi connectivity index (χ3n) is 4.97. The van der Waals surface area contributed by atoms with E-state index in [9.17, 15) is 0 Å². The van der Waals surface area contributed by atoms with Gasteiger partial charge in [0.05, 0.1) is 0 Å². The van der Waals surface area contributed by atoms with Crippen LogP contribution in [0.2, 0.25) is 0 Å². The molecule has 0 nitrogen and oxygen atoms in total. The zero-order valence-electron chi connectivity index (χ0n) is 9.89. The molecule has 0 spiro atoms. The maximum Gasteiger partial charge on any atom is -0.0220 e. The molecular weight excluding hydrogens is 180 g/mol. The summed E-state index contributed by atoms with van der Waals surface area (Å²) in [5, 5.41) is 0. The van der Waals surface area contributed by atoms with Crippen molar-refractivity contribution in [1.82, 2.24) is 0 Å². The molecule has 0 fully saturated rings. The highest BCUT2D eigenvalue weighted by molar-refractivity contribution is 5.25. The molecule has 3 aliphatic carbocycles. The van der Waals surface area contributed by atoms with Gasteiger partial charge in [0.1, 0.15) is 0 Å². The van der Waals surface area contributed by atoms with Crippen LogP contribution >= 0.6 is 0 Å². The lowest BCUT2D eigenvalue weighted by molar-refractivity contribution is 0.155. The summed E-state index contributed by atoms with van der Waals surface area (Å²) in [6.07, 6.45) is 16.1. The lowest BCUT2D eigenvalue weighted by Crippen LogP contribution is -2.34. The molecule has 0 N–H and O–H groups in total. The minimum absolute atomic E-state index is 0.616. The van der Waals surface area contributed by atoms with Gasteiger partial charge in [0, 0.05) is 0 Å². The lowest BCUT2D eigenvalue weighted by Gasteiger charge is -2.46. The van der Waals surface area contributed by atoms with Crippen LogP contribution in [0.4, 0.5) is 0 Å². The molecule has 0 unspecified atom stereocenters. The second kappa shape index (κ2) is 3.50. The molecule has 0 saturated carbocycles. The largest absolute Gasteiger partial charge is 0.0882 e. The zero-order valence-corrected chi connectivity index (χ0v) is 9.89. The summed E-state index contributed by atoms with van der Waals surface area (Å²) in [5.41, 5.74) is 4.33. The van der Waals surface area contributed by atoms with E-state index in [2.05, 4.69) is 19.1 Å². The van der Waals surface area contributed by atoms with Gasteiger partial charge in [-0.15, -0.1) is 0 Å². The van der Waals surface area contributed by atoms with E-state index in [0.29, 0.717) is 5.41 Å². The summed E-state index contributed by atoms with van der Waals surface area (Å²) in [5.74, 6) is 0.958. The van der Waals surface area contributed by atoms with Gasteiger partial charge < -0.3 is 0 Å². The fraction of sp³-hybridized carbons (Fsp3) is 0.733. The first-order valence-electron chi connectivity index (χ1n) is 6.63. The molecule has 0 aliphatic heterocycles. The Balaban J connectivity index is 1.89. The van der Waals surface area contributed by atoms with Crippen LogP contribution in [0.5, 0.6) is 0 Å². The summed E-state index contributed by atoms with van der Waals surface area (Å²) in [7, 11) is 0. The van der Waals surface area contributed by atoms with Gasteiger partial charge in [-0.3, -0.25) is 0 Å². The minimum Gasteiger partial charge on any atom is -0.0882 e. The number of fused-ring (bicyclic) bond motifs is 1. The van der Waals surface area contributed by atoms with Crippen molar-refractivity contribution in [1.29, 1.82) is 0 Å². The Labute approximate surface area is 93.5 Å². The van der Waals surface area contributed by atoms with Crippen molar-refractivity contribution in [3.8, 4) is 0 Å². The van der Waals surface area contributed by atoms with E-state index in [-0.39, 0.29) is 0 Å². The summed E-state index contributed by atoms with van der Waals surface area (Å²) in [4.78, 5) is 0. The lowest BCUT2D eigenvalue weighted by atomic mass is 9.59. The monoisotopic (exact) mass is 202 g/mol. The molecule has 3 rings (SSSR count). The first-order chi connectivity index (χ1) is 7.28. The van der Waals surface area contributed by atoms with E-state index >= 15 is 0 Å². The van der Waals surface area contributed by atoms with Crippen molar-refractivity contribution in [3.63, 3.8) is 0 Å². The first kappa shape index (κ1) is 9.69. The van der Waals surface area contributed by atoms with Crippen molar-refractivity contribution in [2.75, 3.05) is 0 Å². The maximum absolute atomic E-state index is 2.53. The van der Waals surface area contributed by atoms with Crippen LogP contribution < -0.4 is 0 Å². The van der Waals surface area contributed by atoms with E-state index in [1.807, 2.05) is 11.1 Å². The summed E-state index contributed by atoms with van der Waals surface area (Å²) in [6.45, 7) is 2.53. The molecule has 2 atom stereocenters. The highest BCUT2D eigenvalue weighted by Gasteiger charge is 2.39. The highest BCUT2D eigenvalue weighted by atomic mass is 14.4. The van der Waals surface area contributed by atoms with Crippen molar-refractivity contribution in [2.24, 2.45) is 11.3 Å². The molecule has 0 heteroatoms. The Kier molecular flexibility index (Phi) is 2.26.